The molecular formula is C64H134Br2N4O2S4. The lowest BCUT2D eigenvalue weighted by Crippen LogP contribution is -3.00. The first kappa shape index (κ1) is 83.7. The molecule has 12 heteroatoms. The first-order valence-corrected chi connectivity index (χ1v) is 34.8. The third-order valence-electron chi connectivity index (χ3n) is 16.5. The van der Waals surface area contributed by atoms with Gasteiger partial charge in [-0.2, -0.15) is 0 Å². The second kappa shape index (κ2) is 51.9. The van der Waals surface area contributed by atoms with Crippen LogP contribution in [0.1, 0.15) is 304 Å². The third-order valence-corrected chi connectivity index (χ3v) is 19.7. The maximum Gasteiger partial charge on any atom is 0.136 e. The minimum atomic E-state index is -0.333. The molecule has 0 aromatic rings. The molecule has 0 spiro atoms. The van der Waals surface area contributed by atoms with Crippen molar-refractivity contribution in [1.29, 1.82) is 0 Å². The van der Waals surface area contributed by atoms with Crippen LogP contribution in [0.2, 0.25) is 0 Å². The molecule has 0 aromatic heterocycles. The van der Waals surface area contributed by atoms with Gasteiger partial charge in [0, 0.05) is 35.7 Å². The minimum absolute atomic E-state index is 0. The second-order valence-electron chi connectivity index (χ2n) is 25.2. The zero-order chi connectivity index (χ0) is 56.5. The molecule has 0 fully saturated rings. The van der Waals surface area contributed by atoms with Crippen molar-refractivity contribution in [1.82, 2.24) is 9.80 Å². The van der Waals surface area contributed by atoms with Gasteiger partial charge in [-0.1, -0.05) is 216 Å². The molecule has 0 aliphatic carbocycles. The molecule has 6 nitrogen and oxygen atoms in total. The van der Waals surface area contributed by atoms with Crippen LogP contribution < -0.4 is 34.0 Å². The Labute approximate surface area is 518 Å². The quantitative estimate of drug-likeness (QED) is 0.0355. The van der Waals surface area contributed by atoms with Crippen molar-refractivity contribution in [2.45, 2.75) is 365 Å². The first-order valence-electron chi connectivity index (χ1n) is 32.0. The predicted octanol–water partition coefficient (Wildman–Crippen LogP) is 13.2. The second-order valence-corrected chi connectivity index (χ2v) is 28.5. The lowest BCUT2D eigenvalue weighted by molar-refractivity contribution is -0.969. The van der Waals surface area contributed by atoms with Gasteiger partial charge in [0.25, 0.3) is 0 Å². The topological polar surface area (TPSA) is 46.9 Å². The number of unbranched alkanes of at least 4 members (excludes halogenated alkanes) is 26. The molecule has 460 valence electrons. The number of thiocarbonyl (C=S) groups is 2. The molecule has 2 unspecified atom stereocenters. The summed E-state index contributed by atoms with van der Waals surface area (Å²) in [6.45, 7) is 44.9. The van der Waals surface area contributed by atoms with E-state index in [9.17, 15) is 10.2 Å². The van der Waals surface area contributed by atoms with Gasteiger partial charge in [-0.15, -0.1) is 0 Å². The summed E-state index contributed by atoms with van der Waals surface area (Å²) in [6, 6.07) is 3.59. The molecule has 0 aromatic carbocycles. The molecule has 0 amide bonds. The van der Waals surface area contributed by atoms with Gasteiger partial charge >= 0.3 is 0 Å². The Balaban J connectivity index is -0.000000665. The molecule has 0 saturated carbocycles. The van der Waals surface area contributed by atoms with Crippen LogP contribution >= 0.6 is 48.0 Å². The van der Waals surface area contributed by atoms with Crippen molar-refractivity contribution in [3.05, 3.63) is 0 Å². The van der Waals surface area contributed by atoms with Crippen LogP contribution in [0.5, 0.6) is 0 Å². The number of hydrogen-bond acceptors (Lipinski definition) is 6. The average Bonchev–Trinajstić information content (AvgIpc) is 3.31. The van der Waals surface area contributed by atoms with Crippen molar-refractivity contribution in [3.8, 4) is 0 Å². The van der Waals surface area contributed by atoms with Gasteiger partial charge < -0.3 is 62.9 Å². The van der Waals surface area contributed by atoms with Gasteiger partial charge in [0.05, 0.1) is 37.3 Å². The highest BCUT2D eigenvalue weighted by molar-refractivity contribution is 8.23. The van der Waals surface area contributed by atoms with E-state index < -0.39 is 0 Å². The van der Waals surface area contributed by atoms with Crippen LogP contribution in [0.15, 0.2) is 0 Å². The Bertz CT molecular complexity index is 1180. The van der Waals surface area contributed by atoms with Crippen LogP contribution in [0.3, 0.4) is 0 Å². The Morgan fingerprint density at radius 1 is 0.342 bits per heavy atom. The Morgan fingerprint density at radius 3 is 0.697 bits per heavy atom. The summed E-state index contributed by atoms with van der Waals surface area (Å²) in [6.07, 6.45) is 38.5. The van der Waals surface area contributed by atoms with Crippen LogP contribution in [0.25, 0.3) is 0 Å². The molecule has 76 heavy (non-hydrogen) atoms. The van der Waals surface area contributed by atoms with Gasteiger partial charge in [0.15, 0.2) is 0 Å². The van der Waals surface area contributed by atoms with E-state index in [4.69, 9.17) is 24.4 Å². The standard InChI is InChI=1S/2C32H67N2OS2.2BrH/c2*1-10-11-12-13-14-15-16-17-18-19-20-21-22-23-24-34(29(6)7,30(8)9)25-31(35)26-37-32(36)33(27(2)3)28(4)5;;/h2*27-31,35H,10-26H2,1-9H3;2*1H/q2*+1;;/p-2. The maximum atomic E-state index is 11.1. The molecule has 0 rings (SSSR count). The molecule has 0 aliphatic rings. The highest BCUT2D eigenvalue weighted by Crippen LogP contribution is 2.27. The molecule has 0 bridgehead atoms. The third kappa shape index (κ3) is 38.9. The van der Waals surface area contributed by atoms with Gasteiger partial charge in [-0.3, -0.25) is 0 Å². The molecule has 0 saturated heterocycles. The predicted molar refractivity (Wildman–Crippen MR) is 348 cm³/mol. The number of quaternary nitrogens is 2. The Hall–Kier alpha value is 1.28. The monoisotopic (exact) mass is 1280 g/mol. The van der Waals surface area contributed by atoms with Crippen molar-refractivity contribution < 1.29 is 53.1 Å². The van der Waals surface area contributed by atoms with E-state index in [1.807, 2.05) is 0 Å². The van der Waals surface area contributed by atoms with E-state index in [0.717, 1.165) is 30.7 Å². The highest BCUT2D eigenvalue weighted by Gasteiger charge is 2.38. The van der Waals surface area contributed by atoms with Crippen molar-refractivity contribution in [2.24, 2.45) is 0 Å². The zero-order valence-corrected chi connectivity index (χ0v) is 60.3. The molecule has 0 radical (unpaired) electrons. The fraction of sp³-hybridized carbons (Fsp3) is 0.969. The van der Waals surface area contributed by atoms with E-state index in [1.165, 1.54) is 193 Å². The molecular weight excluding hydrogens is 1140 g/mol. The number of aliphatic hydroxyl groups is 2. The smallest absolute Gasteiger partial charge is 0.136 e. The van der Waals surface area contributed by atoms with E-state index in [2.05, 4.69) is 134 Å². The zero-order valence-electron chi connectivity index (χ0n) is 53.9. The van der Waals surface area contributed by atoms with Crippen molar-refractivity contribution >= 4 is 56.6 Å². The summed E-state index contributed by atoms with van der Waals surface area (Å²) in [5.41, 5.74) is 0. The van der Waals surface area contributed by atoms with E-state index in [-0.39, 0.29) is 46.2 Å². The summed E-state index contributed by atoms with van der Waals surface area (Å²) in [7, 11) is 0. The lowest BCUT2D eigenvalue weighted by Gasteiger charge is -2.47. The van der Waals surface area contributed by atoms with Crippen LogP contribution in [0, 0.1) is 0 Å². The fourth-order valence-electron chi connectivity index (χ4n) is 11.9. The Kier molecular flexibility index (Phi) is 57.2. The number of thioether (sulfide) groups is 2. The van der Waals surface area contributed by atoms with Crippen LogP contribution in [-0.2, 0) is 0 Å². The minimum Gasteiger partial charge on any atom is -1.00 e. The first-order chi connectivity index (χ1) is 35.0. The summed E-state index contributed by atoms with van der Waals surface area (Å²) in [5, 5.41) is 22.2. The van der Waals surface area contributed by atoms with Crippen molar-refractivity contribution in [3.63, 3.8) is 0 Å². The van der Waals surface area contributed by atoms with Gasteiger partial charge in [0.1, 0.15) is 33.9 Å². The summed E-state index contributed by atoms with van der Waals surface area (Å²) >= 11 is 14.8. The van der Waals surface area contributed by atoms with Crippen molar-refractivity contribution in [2.75, 3.05) is 37.7 Å². The number of halogens is 2. The largest absolute Gasteiger partial charge is 1.00 e. The van der Waals surface area contributed by atoms with Crippen LogP contribution in [0.4, 0.5) is 0 Å². The molecule has 0 heterocycles. The van der Waals surface area contributed by atoms with Gasteiger partial charge in [-0.05, 0) is 136 Å². The fourth-order valence-corrected chi connectivity index (χ4v) is 15.1. The number of hydrogen-bond donors (Lipinski definition) is 2. The molecule has 2 N–H and O–H groups in total. The SMILES string of the molecule is CCCCCCCCCCCCCCCC[N+](CC(O)CSC(=S)N(C(C)C)C(C)C)(C(C)C)C(C)C.CCCCCCCCCCCCCCCC[N+](CC(O)CSC(=S)N(C(C)C)C(C)C)(C(C)C)C(C)C.[Br-].[Br-]. The summed E-state index contributed by atoms with van der Waals surface area (Å²) in [4.78, 5) is 4.57. The number of nitrogens with zero attached hydrogens (tertiary/aromatic N) is 4. The number of aliphatic hydroxyl groups excluding tert-OH is 2. The normalized spacial score (nSPS) is 13.0. The highest BCUT2D eigenvalue weighted by atomic mass is 79.9. The lowest BCUT2D eigenvalue weighted by atomic mass is 10.0. The molecule has 2 atom stereocenters. The molecule has 0 aliphatic heterocycles. The Morgan fingerprint density at radius 2 is 0.526 bits per heavy atom. The van der Waals surface area contributed by atoms with Crippen LogP contribution in [-0.4, -0.2) is 136 Å². The van der Waals surface area contributed by atoms with Gasteiger partial charge in [0.2, 0.25) is 0 Å². The van der Waals surface area contributed by atoms with E-state index in [1.54, 1.807) is 23.5 Å². The average molecular weight is 1280 g/mol. The number of rotatable bonds is 46. The summed E-state index contributed by atoms with van der Waals surface area (Å²) < 4.78 is 3.85. The van der Waals surface area contributed by atoms with Gasteiger partial charge in [-0.25, -0.2) is 0 Å². The van der Waals surface area contributed by atoms with E-state index >= 15 is 0 Å². The summed E-state index contributed by atoms with van der Waals surface area (Å²) in [5.74, 6) is 1.37. The van der Waals surface area contributed by atoms with E-state index in [0.29, 0.717) is 59.8 Å². The maximum absolute atomic E-state index is 11.1.